The van der Waals surface area contributed by atoms with Crippen molar-refractivity contribution in [2.45, 2.75) is 19.4 Å². The third-order valence-electron chi connectivity index (χ3n) is 5.44. The number of hydrogen-bond acceptors (Lipinski definition) is 5. The first-order valence-electron chi connectivity index (χ1n) is 9.99. The third-order valence-corrected chi connectivity index (χ3v) is 5.44. The van der Waals surface area contributed by atoms with E-state index in [1.54, 1.807) is 13.4 Å². The van der Waals surface area contributed by atoms with Crippen molar-refractivity contribution in [2.24, 2.45) is 5.92 Å². The Hall–Kier alpha value is -2.50. The van der Waals surface area contributed by atoms with Crippen molar-refractivity contribution in [3.05, 3.63) is 66.1 Å². The predicted molar refractivity (Wildman–Crippen MR) is 110 cm³/mol. The Morgan fingerprint density at radius 1 is 1.04 bits per heavy atom. The zero-order valence-electron chi connectivity index (χ0n) is 16.4. The van der Waals surface area contributed by atoms with Gasteiger partial charge in [0.05, 0.1) is 13.7 Å². The van der Waals surface area contributed by atoms with Crippen molar-refractivity contribution in [1.82, 2.24) is 10.2 Å². The lowest BCUT2D eigenvalue weighted by Gasteiger charge is -2.33. The van der Waals surface area contributed by atoms with Gasteiger partial charge < -0.3 is 19.5 Å². The molecule has 0 unspecified atom stereocenters. The first-order chi connectivity index (χ1) is 13.8. The summed E-state index contributed by atoms with van der Waals surface area (Å²) in [5.74, 6) is 4.13. The summed E-state index contributed by atoms with van der Waals surface area (Å²) in [4.78, 5) is 2.44. The molecule has 148 valence electrons. The van der Waals surface area contributed by atoms with E-state index in [9.17, 15) is 0 Å². The quantitative estimate of drug-likeness (QED) is 0.791. The first-order valence-corrected chi connectivity index (χ1v) is 9.99. The van der Waals surface area contributed by atoms with E-state index in [1.165, 1.54) is 18.4 Å². The van der Waals surface area contributed by atoms with E-state index >= 15 is 0 Å². The molecule has 0 aromatic heterocycles. The second kappa shape index (κ2) is 9.13. The number of fused-ring (bicyclic) bond motifs is 1. The smallest absolute Gasteiger partial charge is 0.169 e. The number of piperidine rings is 1. The van der Waals surface area contributed by atoms with Gasteiger partial charge >= 0.3 is 0 Å². The van der Waals surface area contributed by atoms with Gasteiger partial charge in [0, 0.05) is 12.1 Å². The largest absolute Gasteiger partial charge is 0.496 e. The molecule has 2 aromatic rings. The monoisotopic (exact) mass is 380 g/mol. The van der Waals surface area contributed by atoms with Crippen molar-refractivity contribution < 1.29 is 14.2 Å². The minimum Gasteiger partial charge on any atom is -0.496 e. The lowest BCUT2D eigenvalue weighted by molar-refractivity contribution is 0.171. The Morgan fingerprint density at radius 2 is 1.79 bits per heavy atom. The fraction of sp³-hybridized carbons (Fsp3) is 0.391. The Kier molecular flexibility index (Phi) is 6.14. The molecular formula is C23H28N2O3. The molecular weight excluding hydrogens is 352 g/mol. The Morgan fingerprint density at radius 3 is 2.61 bits per heavy atom. The molecule has 0 aliphatic carbocycles. The molecule has 28 heavy (non-hydrogen) atoms. The molecule has 1 fully saturated rings. The van der Waals surface area contributed by atoms with Gasteiger partial charge in [-0.2, -0.15) is 0 Å². The number of methoxy groups -OCH3 is 1. The van der Waals surface area contributed by atoms with Crippen LogP contribution in [0.4, 0.5) is 0 Å². The van der Waals surface area contributed by atoms with Gasteiger partial charge in [0.1, 0.15) is 12.0 Å². The molecule has 5 heteroatoms. The van der Waals surface area contributed by atoms with Gasteiger partial charge in [0.2, 0.25) is 0 Å². The SMILES string of the molecule is COc1ccccc1CNCC1CCN(CC2=COc3ccccc3O2)CC1. The van der Waals surface area contributed by atoms with Gasteiger partial charge in [0.25, 0.3) is 0 Å². The van der Waals surface area contributed by atoms with E-state index in [-0.39, 0.29) is 0 Å². The molecule has 0 saturated carbocycles. The van der Waals surface area contributed by atoms with Crippen molar-refractivity contribution in [3.8, 4) is 17.2 Å². The average molecular weight is 380 g/mol. The number of likely N-dealkylation sites (tertiary alicyclic amines) is 1. The minimum absolute atomic E-state index is 0.712. The van der Waals surface area contributed by atoms with E-state index in [2.05, 4.69) is 22.3 Å². The molecule has 5 nitrogen and oxygen atoms in total. The lowest BCUT2D eigenvalue weighted by atomic mass is 9.96. The van der Waals surface area contributed by atoms with Crippen molar-refractivity contribution >= 4 is 0 Å². The van der Waals surface area contributed by atoms with E-state index in [0.29, 0.717) is 5.92 Å². The maximum absolute atomic E-state index is 5.97. The zero-order valence-corrected chi connectivity index (χ0v) is 16.4. The molecule has 1 saturated heterocycles. The number of ether oxygens (including phenoxy) is 3. The van der Waals surface area contributed by atoms with Crippen LogP contribution < -0.4 is 19.5 Å². The average Bonchev–Trinajstić information content (AvgIpc) is 2.75. The Balaban J connectivity index is 1.19. The van der Waals surface area contributed by atoms with Crippen LogP contribution in [0.1, 0.15) is 18.4 Å². The van der Waals surface area contributed by atoms with Crippen LogP contribution in [0.2, 0.25) is 0 Å². The zero-order chi connectivity index (χ0) is 19.2. The third kappa shape index (κ3) is 4.66. The van der Waals surface area contributed by atoms with Crippen LogP contribution in [0.15, 0.2) is 60.6 Å². The van der Waals surface area contributed by atoms with E-state index in [1.807, 2.05) is 36.4 Å². The minimum atomic E-state index is 0.712. The van der Waals surface area contributed by atoms with Crippen LogP contribution >= 0.6 is 0 Å². The Labute approximate surface area is 166 Å². The summed E-state index contributed by atoms with van der Waals surface area (Å²) in [6, 6.07) is 16.0. The van der Waals surface area contributed by atoms with Crippen LogP contribution in [0.5, 0.6) is 17.2 Å². The fourth-order valence-electron chi connectivity index (χ4n) is 3.82. The second-order valence-electron chi connectivity index (χ2n) is 7.41. The summed E-state index contributed by atoms with van der Waals surface area (Å²) in [7, 11) is 1.73. The first kappa shape index (κ1) is 18.8. The molecule has 2 heterocycles. The maximum Gasteiger partial charge on any atom is 0.169 e. The highest BCUT2D eigenvalue weighted by Gasteiger charge is 2.22. The van der Waals surface area contributed by atoms with E-state index in [0.717, 1.165) is 55.7 Å². The standard InChI is InChI=1S/C23H28N2O3/c1-26-21-7-3-2-6-19(21)15-24-14-18-10-12-25(13-11-18)16-20-17-27-22-8-4-5-9-23(22)28-20/h2-9,17-18,24H,10-16H2,1H3. The van der Waals surface area contributed by atoms with Crippen LogP contribution in [0, 0.1) is 5.92 Å². The molecule has 0 spiro atoms. The lowest BCUT2D eigenvalue weighted by Crippen LogP contribution is -2.38. The van der Waals surface area contributed by atoms with Crippen molar-refractivity contribution in [1.29, 1.82) is 0 Å². The number of para-hydroxylation sites is 3. The van der Waals surface area contributed by atoms with Crippen LogP contribution in [-0.4, -0.2) is 38.2 Å². The molecule has 2 aliphatic rings. The molecule has 1 N–H and O–H groups in total. The summed E-state index contributed by atoms with van der Waals surface area (Å²) < 4.78 is 17.1. The van der Waals surface area contributed by atoms with E-state index < -0.39 is 0 Å². The van der Waals surface area contributed by atoms with Crippen LogP contribution in [0.3, 0.4) is 0 Å². The molecule has 2 aromatic carbocycles. The highest BCUT2D eigenvalue weighted by Crippen LogP contribution is 2.32. The summed E-state index contributed by atoms with van der Waals surface area (Å²) in [5, 5.41) is 3.60. The van der Waals surface area contributed by atoms with E-state index in [4.69, 9.17) is 14.2 Å². The normalized spacial score (nSPS) is 17.2. The summed E-state index contributed by atoms with van der Waals surface area (Å²) in [6.07, 6.45) is 4.14. The number of nitrogens with one attached hydrogen (secondary N) is 1. The van der Waals surface area contributed by atoms with Gasteiger partial charge in [-0.1, -0.05) is 30.3 Å². The fourth-order valence-corrected chi connectivity index (χ4v) is 3.82. The molecule has 2 aliphatic heterocycles. The number of rotatable bonds is 7. The Bertz CT molecular complexity index is 813. The van der Waals surface area contributed by atoms with Crippen LogP contribution in [0.25, 0.3) is 0 Å². The van der Waals surface area contributed by atoms with Gasteiger partial charge in [-0.05, 0) is 56.6 Å². The molecule has 4 rings (SSSR count). The van der Waals surface area contributed by atoms with Gasteiger partial charge in [-0.15, -0.1) is 0 Å². The summed E-state index contributed by atoms with van der Waals surface area (Å²) in [6.45, 7) is 4.87. The van der Waals surface area contributed by atoms with Crippen LogP contribution in [-0.2, 0) is 6.54 Å². The summed E-state index contributed by atoms with van der Waals surface area (Å²) in [5.41, 5.74) is 1.21. The van der Waals surface area contributed by atoms with Crippen molar-refractivity contribution in [2.75, 3.05) is 33.3 Å². The van der Waals surface area contributed by atoms with Gasteiger partial charge in [-0.3, -0.25) is 4.90 Å². The number of benzene rings is 2. The van der Waals surface area contributed by atoms with Crippen molar-refractivity contribution in [3.63, 3.8) is 0 Å². The number of nitrogens with zero attached hydrogens (tertiary/aromatic N) is 1. The van der Waals surface area contributed by atoms with Gasteiger partial charge in [0.15, 0.2) is 17.3 Å². The number of hydrogen-bond donors (Lipinski definition) is 1. The molecule has 0 amide bonds. The predicted octanol–water partition coefficient (Wildman–Crippen LogP) is 3.81. The topological polar surface area (TPSA) is 43.0 Å². The molecule has 0 radical (unpaired) electrons. The highest BCUT2D eigenvalue weighted by molar-refractivity contribution is 5.42. The molecule has 0 bridgehead atoms. The summed E-state index contributed by atoms with van der Waals surface area (Å²) >= 11 is 0. The molecule has 0 atom stereocenters. The second-order valence-corrected chi connectivity index (χ2v) is 7.41. The maximum atomic E-state index is 5.97. The highest BCUT2D eigenvalue weighted by atomic mass is 16.6. The van der Waals surface area contributed by atoms with Gasteiger partial charge in [-0.25, -0.2) is 0 Å².